The third-order valence-electron chi connectivity index (χ3n) is 4.66. The second-order valence-corrected chi connectivity index (χ2v) is 6.62. The fourth-order valence-electron chi connectivity index (χ4n) is 2.72. The maximum absolute atomic E-state index is 12.5. The quantitative estimate of drug-likeness (QED) is 0.719. The summed E-state index contributed by atoms with van der Waals surface area (Å²) in [4.78, 5) is 24.9. The van der Waals surface area contributed by atoms with E-state index in [4.69, 9.17) is 9.47 Å². The Morgan fingerprint density at radius 2 is 1.81 bits per heavy atom. The first-order valence-corrected chi connectivity index (χ1v) is 9.12. The van der Waals surface area contributed by atoms with Crippen molar-refractivity contribution in [3.63, 3.8) is 0 Å². The van der Waals surface area contributed by atoms with E-state index in [-0.39, 0.29) is 5.91 Å². The zero-order valence-electron chi connectivity index (χ0n) is 16.5. The molecule has 5 heteroatoms. The zero-order chi connectivity index (χ0) is 20.0. The highest BCUT2D eigenvalue weighted by Crippen LogP contribution is 2.26. The molecule has 2 aromatic carbocycles. The van der Waals surface area contributed by atoms with E-state index in [0.717, 1.165) is 23.2 Å². The van der Waals surface area contributed by atoms with Gasteiger partial charge in [0.15, 0.2) is 6.10 Å². The van der Waals surface area contributed by atoms with E-state index in [1.54, 1.807) is 32.2 Å². The molecule has 1 amide bonds. The van der Waals surface area contributed by atoms with Crippen molar-refractivity contribution in [1.82, 2.24) is 0 Å². The van der Waals surface area contributed by atoms with Gasteiger partial charge >= 0.3 is 5.97 Å². The Morgan fingerprint density at radius 3 is 2.48 bits per heavy atom. The summed E-state index contributed by atoms with van der Waals surface area (Å²) in [5, 5.41) is 2.87. The molecule has 144 valence electrons. The Labute approximate surface area is 160 Å². The van der Waals surface area contributed by atoms with E-state index in [1.807, 2.05) is 31.2 Å². The predicted molar refractivity (Wildman–Crippen MR) is 106 cm³/mol. The van der Waals surface area contributed by atoms with Crippen molar-refractivity contribution >= 4 is 17.6 Å². The highest BCUT2D eigenvalue weighted by atomic mass is 16.5. The lowest BCUT2D eigenvalue weighted by atomic mass is 9.97. The lowest BCUT2D eigenvalue weighted by Gasteiger charge is -2.18. The largest absolute Gasteiger partial charge is 0.496 e. The number of para-hydroxylation sites is 1. The first-order valence-electron chi connectivity index (χ1n) is 9.12. The Morgan fingerprint density at radius 1 is 1.11 bits per heavy atom. The van der Waals surface area contributed by atoms with Gasteiger partial charge in [-0.2, -0.15) is 0 Å². The van der Waals surface area contributed by atoms with Gasteiger partial charge in [0.1, 0.15) is 5.75 Å². The van der Waals surface area contributed by atoms with Gasteiger partial charge in [-0.1, -0.05) is 38.1 Å². The van der Waals surface area contributed by atoms with Crippen LogP contribution in [0.25, 0.3) is 0 Å². The van der Waals surface area contributed by atoms with Crippen LogP contribution in [0.3, 0.4) is 0 Å². The first-order chi connectivity index (χ1) is 12.9. The molecular weight excluding hydrogens is 342 g/mol. The number of carbonyl (C=O) groups excluding carboxylic acids is 2. The third-order valence-corrected chi connectivity index (χ3v) is 4.66. The van der Waals surface area contributed by atoms with E-state index < -0.39 is 12.1 Å². The Balaban J connectivity index is 2.07. The molecule has 0 radical (unpaired) electrons. The molecule has 0 aromatic heterocycles. The summed E-state index contributed by atoms with van der Waals surface area (Å²) in [5.41, 5.74) is 3.07. The van der Waals surface area contributed by atoms with E-state index in [1.165, 1.54) is 0 Å². The minimum absolute atomic E-state index is 0.319. The number of benzene rings is 2. The molecule has 0 fully saturated rings. The number of hydrogen-bond acceptors (Lipinski definition) is 4. The van der Waals surface area contributed by atoms with Crippen molar-refractivity contribution in [3.05, 3.63) is 59.2 Å². The summed E-state index contributed by atoms with van der Waals surface area (Å²) >= 11 is 0. The topological polar surface area (TPSA) is 64.6 Å². The molecule has 1 N–H and O–H groups in total. The number of carbonyl (C=O) groups is 2. The number of anilines is 1. The minimum atomic E-state index is -0.921. The van der Waals surface area contributed by atoms with Gasteiger partial charge in [0.05, 0.1) is 12.7 Å². The van der Waals surface area contributed by atoms with Crippen LogP contribution < -0.4 is 10.1 Å². The maximum Gasteiger partial charge on any atom is 0.339 e. The monoisotopic (exact) mass is 369 g/mol. The van der Waals surface area contributed by atoms with Crippen LogP contribution in [0.5, 0.6) is 5.75 Å². The van der Waals surface area contributed by atoms with Crippen LogP contribution in [0.15, 0.2) is 42.5 Å². The molecule has 0 bridgehead atoms. The number of esters is 1. The van der Waals surface area contributed by atoms with Gasteiger partial charge in [0, 0.05) is 5.69 Å². The van der Waals surface area contributed by atoms with Crippen LogP contribution >= 0.6 is 0 Å². The van der Waals surface area contributed by atoms with Crippen molar-refractivity contribution in [1.29, 1.82) is 0 Å². The first kappa shape index (κ1) is 20.5. The highest BCUT2D eigenvalue weighted by molar-refractivity contribution is 5.98. The van der Waals surface area contributed by atoms with Crippen molar-refractivity contribution in [2.75, 3.05) is 12.4 Å². The smallest absolute Gasteiger partial charge is 0.339 e. The lowest BCUT2D eigenvalue weighted by molar-refractivity contribution is -0.123. The number of rotatable bonds is 7. The van der Waals surface area contributed by atoms with Crippen LogP contribution in [0, 0.1) is 6.92 Å². The normalized spacial score (nSPS) is 12.8. The van der Waals surface area contributed by atoms with Gasteiger partial charge in [-0.3, -0.25) is 4.79 Å². The zero-order valence-corrected chi connectivity index (χ0v) is 16.5. The SMILES string of the molecule is CC[C@@H](C)c1ccccc1NC(=O)[C@H](C)OC(=O)c1ccc(C)c(OC)c1. The number of amides is 1. The number of aryl methyl sites for hydroxylation is 1. The molecule has 0 aliphatic heterocycles. The van der Waals surface area contributed by atoms with Crippen molar-refractivity contribution < 1.29 is 19.1 Å². The van der Waals surface area contributed by atoms with E-state index in [0.29, 0.717) is 17.2 Å². The summed E-state index contributed by atoms with van der Waals surface area (Å²) in [6.07, 6.45) is 0.0435. The lowest BCUT2D eigenvalue weighted by Crippen LogP contribution is -2.30. The second-order valence-electron chi connectivity index (χ2n) is 6.62. The molecule has 27 heavy (non-hydrogen) atoms. The molecule has 0 unspecified atom stereocenters. The Kier molecular flexibility index (Phi) is 6.99. The van der Waals surface area contributed by atoms with Crippen LogP contribution in [0.1, 0.15) is 54.6 Å². The fraction of sp³-hybridized carbons (Fsp3) is 0.364. The fourth-order valence-corrected chi connectivity index (χ4v) is 2.72. The summed E-state index contributed by atoms with van der Waals surface area (Å²) in [6, 6.07) is 12.7. The van der Waals surface area contributed by atoms with E-state index in [9.17, 15) is 9.59 Å². The van der Waals surface area contributed by atoms with E-state index in [2.05, 4.69) is 19.2 Å². The summed E-state index contributed by atoms with van der Waals surface area (Å²) < 4.78 is 10.6. The Hall–Kier alpha value is -2.82. The Bertz CT molecular complexity index is 816. The third kappa shape index (κ3) is 5.09. The molecule has 0 saturated carbocycles. The standard InChI is InChI=1S/C22H27NO4/c1-6-14(2)18-9-7-8-10-19(18)23-21(24)16(4)27-22(25)17-12-11-15(3)20(13-17)26-5/h7-14,16H,6H2,1-5H3,(H,23,24)/t14-,16+/m1/s1. The van der Waals surface area contributed by atoms with Crippen LogP contribution in [-0.4, -0.2) is 25.1 Å². The molecule has 2 aromatic rings. The minimum Gasteiger partial charge on any atom is -0.496 e. The molecule has 0 saturated heterocycles. The molecule has 0 aliphatic carbocycles. The maximum atomic E-state index is 12.5. The molecule has 0 spiro atoms. The number of ether oxygens (including phenoxy) is 2. The number of nitrogens with one attached hydrogen (secondary N) is 1. The highest BCUT2D eigenvalue weighted by Gasteiger charge is 2.21. The molecule has 0 heterocycles. The molecule has 5 nitrogen and oxygen atoms in total. The van der Waals surface area contributed by atoms with Gasteiger partial charge in [0.25, 0.3) is 5.91 Å². The van der Waals surface area contributed by atoms with Crippen molar-refractivity contribution in [2.45, 2.75) is 46.1 Å². The predicted octanol–water partition coefficient (Wildman–Crippen LogP) is 4.70. The van der Waals surface area contributed by atoms with Crippen LogP contribution in [-0.2, 0) is 9.53 Å². The van der Waals surface area contributed by atoms with Gasteiger partial charge < -0.3 is 14.8 Å². The van der Waals surface area contributed by atoms with Crippen LogP contribution in [0.4, 0.5) is 5.69 Å². The summed E-state index contributed by atoms with van der Waals surface area (Å²) in [7, 11) is 1.54. The average Bonchev–Trinajstić information content (AvgIpc) is 2.67. The summed E-state index contributed by atoms with van der Waals surface area (Å²) in [6.45, 7) is 7.66. The van der Waals surface area contributed by atoms with Crippen LogP contribution in [0.2, 0.25) is 0 Å². The van der Waals surface area contributed by atoms with E-state index >= 15 is 0 Å². The van der Waals surface area contributed by atoms with Crippen molar-refractivity contribution in [3.8, 4) is 5.75 Å². The number of hydrogen-bond donors (Lipinski definition) is 1. The average molecular weight is 369 g/mol. The van der Waals surface area contributed by atoms with Gasteiger partial charge in [0.2, 0.25) is 0 Å². The second kappa shape index (κ2) is 9.21. The molecule has 0 aliphatic rings. The van der Waals surface area contributed by atoms with Crippen molar-refractivity contribution in [2.24, 2.45) is 0 Å². The molecule has 2 atom stereocenters. The summed E-state index contributed by atoms with van der Waals surface area (Å²) in [5.74, 6) is -0.00671. The van der Waals surface area contributed by atoms with Gasteiger partial charge in [-0.05, 0) is 55.5 Å². The van der Waals surface area contributed by atoms with Gasteiger partial charge in [-0.15, -0.1) is 0 Å². The molecule has 2 rings (SSSR count). The van der Waals surface area contributed by atoms with Gasteiger partial charge in [-0.25, -0.2) is 4.79 Å². The number of methoxy groups -OCH3 is 1. The molecular formula is C22H27NO4.